The van der Waals surface area contributed by atoms with Gasteiger partial charge in [-0.25, -0.2) is 4.79 Å². The summed E-state index contributed by atoms with van der Waals surface area (Å²) in [6, 6.07) is 9.64. The largest absolute Gasteiger partial charge is 0.338 e. The van der Waals surface area contributed by atoms with Crippen molar-refractivity contribution in [2.75, 3.05) is 11.9 Å². The van der Waals surface area contributed by atoms with Crippen LogP contribution < -0.4 is 10.6 Å². The number of rotatable bonds is 5. The molecule has 7 heteroatoms. The highest BCUT2D eigenvalue weighted by Gasteiger charge is 2.09. The molecule has 0 spiro atoms. The van der Waals surface area contributed by atoms with Gasteiger partial charge < -0.3 is 5.32 Å². The van der Waals surface area contributed by atoms with Gasteiger partial charge in [-0.05, 0) is 29.8 Å². The van der Waals surface area contributed by atoms with Crippen molar-refractivity contribution >= 4 is 34.5 Å². The number of carbonyl (C=O) groups excluding carboxylic acids is 1. The third kappa shape index (κ3) is 4.82. The average Bonchev–Trinajstić information content (AvgIpc) is 2.85. The quantitative estimate of drug-likeness (QED) is 0.887. The normalized spacial score (nSPS) is 10.6. The summed E-state index contributed by atoms with van der Waals surface area (Å²) in [5, 5.41) is 6.60. The van der Waals surface area contributed by atoms with E-state index in [4.69, 9.17) is 0 Å². The van der Waals surface area contributed by atoms with Crippen LogP contribution in [0.15, 0.2) is 40.4 Å². The highest BCUT2D eigenvalue weighted by atomic mass is 32.2. The van der Waals surface area contributed by atoms with Crippen LogP contribution in [0.25, 0.3) is 0 Å². The lowest BCUT2D eigenvalue weighted by atomic mass is 10.2. The Hall–Kier alpha value is -1.60. The number of carbonyl (C=O) groups is 1. The maximum atomic E-state index is 11.6. The number of amides is 2. The molecule has 1 aromatic carbocycles. The lowest BCUT2D eigenvalue weighted by Crippen LogP contribution is -2.31. The molecule has 2 rings (SSSR count). The third-order valence-electron chi connectivity index (χ3n) is 2.25. The van der Waals surface area contributed by atoms with E-state index in [1.807, 2.05) is 44.2 Å². The highest BCUT2D eigenvalue weighted by Crippen LogP contribution is 2.27. The van der Waals surface area contributed by atoms with Crippen LogP contribution in [0, 0.1) is 5.92 Å². The number of benzene rings is 1. The predicted octanol–water partition coefficient (Wildman–Crippen LogP) is 3.47. The summed E-state index contributed by atoms with van der Waals surface area (Å²) in [4.78, 5) is 16.9. The number of urea groups is 1. The number of nitrogens with one attached hydrogen (secondary N) is 2. The molecule has 106 valence electrons. The Morgan fingerprint density at radius 3 is 2.80 bits per heavy atom. The van der Waals surface area contributed by atoms with E-state index in [1.165, 1.54) is 23.3 Å². The van der Waals surface area contributed by atoms with E-state index in [1.54, 1.807) is 0 Å². The molecule has 0 bridgehead atoms. The van der Waals surface area contributed by atoms with Gasteiger partial charge >= 0.3 is 6.03 Å². The minimum atomic E-state index is -0.244. The van der Waals surface area contributed by atoms with Crippen LogP contribution in [0.2, 0.25) is 0 Å². The molecule has 0 unspecified atom stereocenters. The molecule has 2 aromatic rings. The van der Waals surface area contributed by atoms with Gasteiger partial charge in [0.1, 0.15) is 0 Å². The summed E-state index contributed by atoms with van der Waals surface area (Å²) in [6.45, 7) is 4.72. The van der Waals surface area contributed by atoms with E-state index in [0.717, 1.165) is 4.90 Å². The molecule has 0 fully saturated rings. The van der Waals surface area contributed by atoms with Crippen molar-refractivity contribution in [1.29, 1.82) is 0 Å². The second-order valence-corrected chi connectivity index (χ2v) is 6.32. The van der Waals surface area contributed by atoms with E-state index in [2.05, 4.69) is 20.0 Å². The van der Waals surface area contributed by atoms with Crippen LogP contribution in [-0.2, 0) is 0 Å². The van der Waals surface area contributed by atoms with E-state index in [0.29, 0.717) is 22.8 Å². The molecule has 0 aliphatic heterocycles. The Kier molecular flexibility index (Phi) is 5.37. The molecular formula is C13H16N4OS2. The zero-order chi connectivity index (χ0) is 14.4. The van der Waals surface area contributed by atoms with Gasteiger partial charge in [-0.15, -0.1) is 0 Å². The first-order chi connectivity index (χ1) is 9.63. The van der Waals surface area contributed by atoms with Gasteiger partial charge in [0.2, 0.25) is 10.3 Å². The Morgan fingerprint density at radius 1 is 1.35 bits per heavy atom. The molecule has 1 heterocycles. The van der Waals surface area contributed by atoms with Crippen LogP contribution in [0.3, 0.4) is 0 Å². The van der Waals surface area contributed by atoms with Gasteiger partial charge in [0.05, 0.1) is 0 Å². The Labute approximate surface area is 126 Å². The number of aromatic nitrogens is 2. The Balaban J connectivity index is 1.87. The van der Waals surface area contributed by atoms with Crippen LogP contribution in [0.5, 0.6) is 0 Å². The molecule has 0 saturated heterocycles. The van der Waals surface area contributed by atoms with Crippen molar-refractivity contribution in [1.82, 2.24) is 14.7 Å². The molecule has 0 saturated carbocycles. The van der Waals surface area contributed by atoms with Gasteiger partial charge in [0.25, 0.3) is 0 Å². The molecule has 5 nitrogen and oxygen atoms in total. The molecule has 1 aromatic heterocycles. The van der Waals surface area contributed by atoms with Crippen LogP contribution in [-0.4, -0.2) is 21.9 Å². The van der Waals surface area contributed by atoms with Gasteiger partial charge in [-0.2, -0.15) is 9.36 Å². The first-order valence-corrected chi connectivity index (χ1v) is 7.84. The summed E-state index contributed by atoms with van der Waals surface area (Å²) >= 11 is 2.65. The monoisotopic (exact) mass is 308 g/mol. The van der Waals surface area contributed by atoms with Crippen LogP contribution in [0.4, 0.5) is 9.93 Å². The summed E-state index contributed by atoms with van der Waals surface area (Å²) < 4.78 is 4.21. The highest BCUT2D eigenvalue weighted by molar-refractivity contribution is 7.99. The molecule has 2 amide bonds. The summed E-state index contributed by atoms with van der Waals surface area (Å²) in [6.07, 6.45) is 0. The fourth-order valence-corrected chi connectivity index (χ4v) is 2.76. The molecule has 0 aliphatic rings. The number of nitrogens with zero attached hydrogens (tertiary/aromatic N) is 2. The van der Waals surface area contributed by atoms with E-state index in [9.17, 15) is 4.79 Å². The van der Waals surface area contributed by atoms with Crippen molar-refractivity contribution in [2.45, 2.75) is 23.9 Å². The first-order valence-electron chi connectivity index (χ1n) is 6.25. The zero-order valence-electron chi connectivity index (χ0n) is 11.3. The predicted molar refractivity (Wildman–Crippen MR) is 82.3 cm³/mol. The van der Waals surface area contributed by atoms with Crippen LogP contribution >= 0.6 is 23.3 Å². The third-order valence-corrected chi connectivity index (χ3v) is 3.87. The Bertz CT molecular complexity index is 557. The number of anilines is 1. The van der Waals surface area contributed by atoms with Crippen molar-refractivity contribution in [2.24, 2.45) is 5.92 Å². The molecule has 0 atom stereocenters. The topological polar surface area (TPSA) is 66.9 Å². The summed E-state index contributed by atoms with van der Waals surface area (Å²) in [5.41, 5.74) is 0. The lowest BCUT2D eigenvalue weighted by Gasteiger charge is -2.06. The van der Waals surface area contributed by atoms with E-state index < -0.39 is 0 Å². The van der Waals surface area contributed by atoms with Gasteiger partial charge in [-0.1, -0.05) is 32.0 Å². The van der Waals surface area contributed by atoms with Gasteiger partial charge in [-0.3, -0.25) is 5.32 Å². The fourth-order valence-electron chi connectivity index (χ4n) is 1.33. The van der Waals surface area contributed by atoms with E-state index >= 15 is 0 Å². The maximum Gasteiger partial charge on any atom is 0.321 e. The molecule has 2 N–H and O–H groups in total. The minimum Gasteiger partial charge on any atom is -0.338 e. The fraction of sp³-hybridized carbons (Fsp3) is 0.308. The summed E-state index contributed by atoms with van der Waals surface area (Å²) in [5.74, 6) is 0.416. The molecule has 20 heavy (non-hydrogen) atoms. The zero-order valence-corrected chi connectivity index (χ0v) is 12.9. The number of hydrogen-bond acceptors (Lipinski definition) is 5. The second-order valence-electron chi connectivity index (χ2n) is 4.53. The standard InChI is InChI=1S/C13H16N4OS2/c1-9(2)8-14-11(18)15-12-16-13(17-20-12)19-10-6-4-3-5-7-10/h3-7,9H,8H2,1-2H3,(H2,14,15,16,17,18). The van der Waals surface area contributed by atoms with Crippen molar-refractivity contribution in [3.8, 4) is 0 Å². The summed E-state index contributed by atoms with van der Waals surface area (Å²) in [7, 11) is 0. The first kappa shape index (κ1) is 14.8. The lowest BCUT2D eigenvalue weighted by molar-refractivity contribution is 0.251. The molecular weight excluding hydrogens is 292 g/mol. The van der Waals surface area contributed by atoms with Crippen molar-refractivity contribution in [3.05, 3.63) is 30.3 Å². The van der Waals surface area contributed by atoms with Crippen LogP contribution in [0.1, 0.15) is 13.8 Å². The SMILES string of the molecule is CC(C)CNC(=O)Nc1nc(Sc2ccccc2)ns1. The minimum absolute atomic E-state index is 0.244. The molecule has 0 aliphatic carbocycles. The van der Waals surface area contributed by atoms with Gasteiger partial charge in [0, 0.05) is 23.0 Å². The number of hydrogen-bond donors (Lipinski definition) is 2. The van der Waals surface area contributed by atoms with E-state index in [-0.39, 0.29) is 6.03 Å². The van der Waals surface area contributed by atoms with Crippen molar-refractivity contribution in [3.63, 3.8) is 0 Å². The second kappa shape index (κ2) is 7.25. The maximum absolute atomic E-state index is 11.6. The molecule has 0 radical (unpaired) electrons. The smallest absolute Gasteiger partial charge is 0.321 e. The van der Waals surface area contributed by atoms with Gasteiger partial charge in [0.15, 0.2) is 0 Å². The average molecular weight is 308 g/mol. The van der Waals surface area contributed by atoms with Crippen molar-refractivity contribution < 1.29 is 4.79 Å². The Morgan fingerprint density at radius 2 is 2.10 bits per heavy atom.